The van der Waals surface area contributed by atoms with E-state index in [4.69, 9.17) is 4.74 Å². The molecular weight excluding hydrogens is 508 g/mol. The van der Waals surface area contributed by atoms with Crippen LogP contribution in [0.5, 0.6) is 5.75 Å². The molecule has 0 fully saturated rings. The summed E-state index contributed by atoms with van der Waals surface area (Å²) in [5.74, 6) is -0.0375. The maximum atomic E-state index is 12.5. The quantitative estimate of drug-likeness (QED) is 0.325. The van der Waals surface area contributed by atoms with Gasteiger partial charge in [0, 0.05) is 10.6 Å². The molecule has 3 aromatic carbocycles. The molecule has 1 heterocycles. The molecule has 10 heteroatoms. The number of nitrogens with one attached hydrogen (secondary N) is 1. The van der Waals surface area contributed by atoms with E-state index in [1.54, 1.807) is 19.1 Å². The summed E-state index contributed by atoms with van der Waals surface area (Å²) in [6, 6.07) is 26.7. The highest BCUT2D eigenvalue weighted by molar-refractivity contribution is 7.89. The maximum Gasteiger partial charge on any atom is 0.284 e. The number of carbonyl (C=O) groups is 1. The highest BCUT2D eigenvalue weighted by atomic mass is 32.2. The molecule has 4 rings (SSSR count). The summed E-state index contributed by atoms with van der Waals surface area (Å²) in [6.07, 6.45) is 0.920. The van der Waals surface area contributed by atoms with Gasteiger partial charge in [0.15, 0.2) is 5.13 Å². The second-order valence-corrected chi connectivity index (χ2v) is 11.2. The summed E-state index contributed by atoms with van der Waals surface area (Å²) in [5.41, 5.74) is 3.38. The predicted octanol–water partition coefficient (Wildman–Crippen LogP) is 4.93. The van der Waals surface area contributed by atoms with Gasteiger partial charge >= 0.3 is 0 Å². The van der Waals surface area contributed by atoms with Crippen molar-refractivity contribution in [3.63, 3.8) is 0 Å². The number of carbonyl (C=O) groups excluding carboxylic acids is 1. The highest BCUT2D eigenvalue weighted by Crippen LogP contribution is 2.33. The van der Waals surface area contributed by atoms with Crippen LogP contribution in [-0.4, -0.2) is 25.6 Å². The van der Waals surface area contributed by atoms with Gasteiger partial charge in [0.1, 0.15) is 18.1 Å². The van der Waals surface area contributed by atoms with E-state index in [-0.39, 0.29) is 5.69 Å². The van der Waals surface area contributed by atoms with Gasteiger partial charge in [-0.1, -0.05) is 42.5 Å². The lowest BCUT2D eigenvalue weighted by atomic mass is 10.1. The number of rotatable bonds is 9. The fraction of sp³-hybridized carbons (Fsp3) is 0.148. The first-order valence-electron chi connectivity index (χ1n) is 11.2. The van der Waals surface area contributed by atoms with Crippen molar-refractivity contribution in [2.45, 2.75) is 20.1 Å². The van der Waals surface area contributed by atoms with Gasteiger partial charge in [-0.05, 0) is 54.4 Å². The van der Waals surface area contributed by atoms with Crippen molar-refractivity contribution in [1.82, 2.24) is 9.71 Å². The number of sulfonamides is 1. The molecule has 1 amide bonds. The molecule has 0 bridgehead atoms. The fourth-order valence-corrected chi connectivity index (χ4v) is 4.88. The van der Waals surface area contributed by atoms with Gasteiger partial charge in [-0.15, -0.1) is 11.3 Å². The van der Waals surface area contributed by atoms with Crippen LogP contribution in [0.2, 0.25) is 0 Å². The van der Waals surface area contributed by atoms with Crippen LogP contribution in [0.4, 0.5) is 10.8 Å². The van der Waals surface area contributed by atoms with Gasteiger partial charge < -0.3 is 9.64 Å². The molecule has 1 N–H and O–H groups in total. The van der Waals surface area contributed by atoms with Crippen molar-refractivity contribution >= 4 is 38.1 Å². The van der Waals surface area contributed by atoms with E-state index in [0.717, 1.165) is 28.8 Å². The number of aromatic nitrogens is 1. The Labute approximate surface area is 219 Å². The standard InChI is InChI=1S/C27H24N4O4S2/c1-19-25(26(32)30-37(2,33)34)29-27(36-19)31(23-12-8-20(16-28)9-13-23)17-21-10-14-24(15-11-21)35-18-22-6-4-3-5-7-22/h3-15H,17-18H2,1-2H3,(H,30,32). The van der Waals surface area contributed by atoms with Crippen LogP contribution in [0, 0.1) is 18.3 Å². The Morgan fingerprint density at radius 3 is 2.32 bits per heavy atom. The molecule has 0 aliphatic carbocycles. The summed E-state index contributed by atoms with van der Waals surface area (Å²) in [4.78, 5) is 19.4. The minimum Gasteiger partial charge on any atom is -0.489 e. The number of nitriles is 1. The van der Waals surface area contributed by atoms with Crippen molar-refractivity contribution in [3.05, 3.63) is 106 Å². The number of amides is 1. The zero-order valence-electron chi connectivity index (χ0n) is 20.2. The van der Waals surface area contributed by atoms with Crippen molar-refractivity contribution in [1.29, 1.82) is 5.26 Å². The third-order valence-corrected chi connectivity index (χ3v) is 6.88. The molecule has 1 aromatic heterocycles. The fourth-order valence-electron chi connectivity index (χ4n) is 3.53. The van der Waals surface area contributed by atoms with E-state index < -0.39 is 15.9 Å². The maximum absolute atomic E-state index is 12.5. The number of nitrogens with zero attached hydrogens (tertiary/aromatic N) is 3. The Morgan fingerprint density at radius 2 is 1.70 bits per heavy atom. The van der Waals surface area contributed by atoms with Gasteiger partial charge in [0.25, 0.3) is 5.91 Å². The molecule has 0 aliphatic rings. The van der Waals surface area contributed by atoms with Gasteiger partial charge in [0.05, 0.1) is 24.4 Å². The molecule has 8 nitrogen and oxygen atoms in total. The lowest BCUT2D eigenvalue weighted by molar-refractivity contribution is 0.0977. The van der Waals surface area contributed by atoms with Gasteiger partial charge in [-0.2, -0.15) is 5.26 Å². The zero-order valence-corrected chi connectivity index (χ0v) is 21.8. The molecule has 188 valence electrons. The second-order valence-electron chi connectivity index (χ2n) is 8.27. The van der Waals surface area contributed by atoms with Crippen molar-refractivity contribution in [2.75, 3.05) is 11.2 Å². The van der Waals surface area contributed by atoms with E-state index in [1.807, 2.05) is 76.4 Å². The molecule has 0 aliphatic heterocycles. The Kier molecular flexibility index (Phi) is 7.86. The smallest absolute Gasteiger partial charge is 0.284 e. The van der Waals surface area contributed by atoms with Crippen molar-refractivity contribution in [2.24, 2.45) is 0 Å². The van der Waals surface area contributed by atoms with Crippen LogP contribution in [0.25, 0.3) is 0 Å². The lowest BCUT2D eigenvalue weighted by Gasteiger charge is -2.22. The molecular formula is C27H24N4O4S2. The Balaban J connectivity index is 1.58. The Hall–Kier alpha value is -4.20. The van der Waals surface area contributed by atoms with E-state index in [9.17, 15) is 18.5 Å². The summed E-state index contributed by atoms with van der Waals surface area (Å²) in [5, 5.41) is 9.69. The van der Waals surface area contributed by atoms with E-state index in [1.165, 1.54) is 11.3 Å². The number of ether oxygens (including phenoxy) is 1. The summed E-state index contributed by atoms with van der Waals surface area (Å²) in [6.45, 7) is 2.60. The third-order valence-electron chi connectivity index (χ3n) is 5.33. The van der Waals surface area contributed by atoms with Crippen LogP contribution in [0.15, 0.2) is 78.9 Å². The third kappa shape index (κ3) is 6.94. The van der Waals surface area contributed by atoms with Crippen LogP contribution in [0.3, 0.4) is 0 Å². The molecule has 37 heavy (non-hydrogen) atoms. The average Bonchev–Trinajstić information content (AvgIpc) is 3.28. The zero-order chi connectivity index (χ0) is 26.4. The summed E-state index contributed by atoms with van der Waals surface area (Å²) < 4.78 is 30.9. The molecule has 0 radical (unpaired) electrons. The van der Waals surface area contributed by atoms with Crippen LogP contribution in [0.1, 0.15) is 32.1 Å². The minimum atomic E-state index is -3.73. The molecule has 0 spiro atoms. The van der Waals surface area contributed by atoms with Crippen molar-refractivity contribution < 1.29 is 17.9 Å². The number of benzene rings is 3. The number of thiazole rings is 1. The predicted molar refractivity (Wildman–Crippen MR) is 143 cm³/mol. The number of hydrogen-bond donors (Lipinski definition) is 1. The lowest BCUT2D eigenvalue weighted by Crippen LogP contribution is -2.30. The van der Waals surface area contributed by atoms with Crippen LogP contribution < -0.4 is 14.4 Å². The molecule has 0 saturated carbocycles. The van der Waals surface area contributed by atoms with Crippen molar-refractivity contribution in [3.8, 4) is 11.8 Å². The van der Waals surface area contributed by atoms with Crippen LogP contribution in [-0.2, 0) is 23.2 Å². The normalized spacial score (nSPS) is 10.9. The first-order valence-corrected chi connectivity index (χ1v) is 14.0. The first-order chi connectivity index (χ1) is 17.7. The average molecular weight is 533 g/mol. The molecule has 0 atom stereocenters. The van der Waals surface area contributed by atoms with E-state index in [0.29, 0.717) is 28.7 Å². The largest absolute Gasteiger partial charge is 0.489 e. The van der Waals surface area contributed by atoms with E-state index in [2.05, 4.69) is 11.1 Å². The van der Waals surface area contributed by atoms with Gasteiger partial charge in [-0.3, -0.25) is 4.79 Å². The van der Waals surface area contributed by atoms with Gasteiger partial charge in [0.2, 0.25) is 10.0 Å². The number of anilines is 2. The Bertz CT molecular complexity index is 1530. The molecule has 0 saturated heterocycles. The monoisotopic (exact) mass is 532 g/mol. The second kappa shape index (κ2) is 11.2. The SMILES string of the molecule is Cc1sc(N(Cc2ccc(OCc3ccccc3)cc2)c2ccc(C#N)cc2)nc1C(=O)NS(C)(=O)=O. The molecule has 4 aromatic rings. The Morgan fingerprint density at radius 1 is 1.03 bits per heavy atom. The molecule has 0 unspecified atom stereocenters. The van der Waals surface area contributed by atoms with E-state index >= 15 is 0 Å². The number of aryl methyl sites for hydroxylation is 1. The number of hydrogen-bond acceptors (Lipinski definition) is 8. The highest BCUT2D eigenvalue weighted by Gasteiger charge is 2.22. The summed E-state index contributed by atoms with van der Waals surface area (Å²) >= 11 is 1.28. The minimum absolute atomic E-state index is 0.0497. The van der Waals surface area contributed by atoms with Crippen LogP contribution >= 0.6 is 11.3 Å². The first kappa shape index (κ1) is 25.9. The van der Waals surface area contributed by atoms with Gasteiger partial charge in [-0.25, -0.2) is 18.1 Å². The topological polar surface area (TPSA) is 112 Å². The summed E-state index contributed by atoms with van der Waals surface area (Å²) in [7, 11) is -3.73.